The Morgan fingerprint density at radius 3 is 1.86 bits per heavy atom. The molecule has 1 heterocycles. The summed E-state index contributed by atoms with van der Waals surface area (Å²) in [5.41, 5.74) is 1.13. The van der Waals surface area contributed by atoms with Gasteiger partial charge in [0.05, 0.1) is 17.7 Å². The number of likely N-dealkylation sites (tertiary alicyclic amines) is 1. The third-order valence-corrected chi connectivity index (χ3v) is 6.87. The lowest BCUT2D eigenvalue weighted by atomic mass is 9.67. The van der Waals surface area contributed by atoms with E-state index in [2.05, 4.69) is 0 Å². The van der Waals surface area contributed by atoms with Crippen LogP contribution in [0.15, 0.2) is 66.7 Å². The maximum absolute atomic E-state index is 14.7. The van der Waals surface area contributed by atoms with Gasteiger partial charge in [0, 0.05) is 37.4 Å². The molecule has 3 aromatic carbocycles. The first kappa shape index (κ1) is 24.6. The van der Waals surface area contributed by atoms with Gasteiger partial charge in [-0.3, -0.25) is 14.5 Å². The molecule has 0 radical (unpaired) electrons. The zero-order valence-corrected chi connectivity index (χ0v) is 19.4. The number of carbonyl (C=O) groups is 2. The maximum Gasteiger partial charge on any atom is 0.171 e. The molecule has 0 spiro atoms. The summed E-state index contributed by atoms with van der Waals surface area (Å²) in [6, 6.07) is 17.0. The van der Waals surface area contributed by atoms with Crippen LogP contribution < -0.4 is 0 Å². The van der Waals surface area contributed by atoms with Gasteiger partial charge in [-0.25, -0.2) is 4.39 Å². The lowest BCUT2D eigenvalue weighted by Gasteiger charge is -2.43. The number of phenolic OH excluding ortho intramolecular Hbond substituents is 2. The van der Waals surface area contributed by atoms with Gasteiger partial charge in [0.1, 0.15) is 17.3 Å². The highest BCUT2D eigenvalue weighted by Gasteiger charge is 2.46. The first-order chi connectivity index (χ1) is 16.8. The van der Waals surface area contributed by atoms with Crippen LogP contribution in [0.5, 0.6) is 11.5 Å². The van der Waals surface area contributed by atoms with Gasteiger partial charge >= 0.3 is 0 Å². The Morgan fingerprint density at radius 1 is 0.857 bits per heavy atom. The highest BCUT2D eigenvalue weighted by molar-refractivity contribution is 6.04. The summed E-state index contributed by atoms with van der Waals surface area (Å²) < 4.78 is 14.7. The molecule has 7 heteroatoms. The Hall–Kier alpha value is -3.55. The number of carbonyl (C=O) groups excluding carboxylic acids is 2. The summed E-state index contributed by atoms with van der Waals surface area (Å²) in [4.78, 5) is 29.5. The van der Waals surface area contributed by atoms with Crippen molar-refractivity contribution in [3.8, 4) is 11.5 Å². The summed E-state index contributed by atoms with van der Waals surface area (Å²) in [7, 11) is 0. The van der Waals surface area contributed by atoms with E-state index >= 15 is 0 Å². The van der Waals surface area contributed by atoms with Gasteiger partial charge in [0.25, 0.3) is 0 Å². The van der Waals surface area contributed by atoms with E-state index in [4.69, 9.17) is 0 Å². The number of benzene rings is 3. The number of β-amino-alcohol motifs (C(OH)–C–C–N with tert-alkyl or cyclic N) is 1. The van der Waals surface area contributed by atoms with Crippen molar-refractivity contribution in [2.45, 2.75) is 12.8 Å². The van der Waals surface area contributed by atoms with E-state index in [0.717, 1.165) is 0 Å². The highest BCUT2D eigenvalue weighted by atomic mass is 19.1. The lowest BCUT2D eigenvalue weighted by molar-refractivity contribution is 0.0526. The molecule has 2 atom stereocenters. The molecule has 1 saturated heterocycles. The Labute approximate surface area is 203 Å². The Balaban J connectivity index is 1.89. The first-order valence-electron chi connectivity index (χ1n) is 11.6. The second-order valence-corrected chi connectivity index (χ2v) is 8.94. The second kappa shape index (κ2) is 10.4. The van der Waals surface area contributed by atoms with Gasteiger partial charge in [-0.05, 0) is 48.4 Å². The number of halogens is 1. The molecule has 0 amide bonds. The van der Waals surface area contributed by atoms with Crippen molar-refractivity contribution < 1.29 is 29.3 Å². The molecule has 182 valence electrons. The van der Waals surface area contributed by atoms with Crippen LogP contribution in [0.2, 0.25) is 0 Å². The third-order valence-electron chi connectivity index (χ3n) is 6.87. The standard InChI is InChI=1S/C28H28FNO5/c1-17-18(9-6-10-23(17)29)26-21(27(34)19-7-2-4-11-24(19)32)15-30(13-14-31)16-22(26)28(35)20-8-3-5-12-25(20)33/h2-12,21-22,26,31-33H,13-16H2,1H3/t21-,22-/m0/s1. The average Bonchev–Trinajstić information content (AvgIpc) is 2.85. The van der Waals surface area contributed by atoms with Crippen LogP contribution in [0.3, 0.4) is 0 Å². The molecule has 4 rings (SSSR count). The molecule has 1 aliphatic rings. The Morgan fingerprint density at radius 2 is 1.37 bits per heavy atom. The fraction of sp³-hybridized carbons (Fsp3) is 0.286. The molecular weight excluding hydrogens is 449 g/mol. The fourth-order valence-corrected chi connectivity index (χ4v) is 5.14. The van der Waals surface area contributed by atoms with E-state index in [0.29, 0.717) is 11.1 Å². The summed E-state index contributed by atoms with van der Waals surface area (Å²) in [6.07, 6.45) is 0. The van der Waals surface area contributed by atoms with Crippen molar-refractivity contribution in [2.75, 3.05) is 26.2 Å². The number of para-hydroxylation sites is 2. The molecule has 0 unspecified atom stereocenters. The van der Waals surface area contributed by atoms with Crippen LogP contribution in [0, 0.1) is 24.6 Å². The minimum Gasteiger partial charge on any atom is -0.507 e. The largest absolute Gasteiger partial charge is 0.507 e. The molecule has 1 aliphatic heterocycles. The second-order valence-electron chi connectivity index (χ2n) is 8.94. The number of aliphatic hydroxyl groups excluding tert-OH is 1. The Kier molecular flexibility index (Phi) is 7.28. The van der Waals surface area contributed by atoms with Crippen LogP contribution in [0.25, 0.3) is 0 Å². The van der Waals surface area contributed by atoms with Gasteiger partial charge in [0.2, 0.25) is 0 Å². The van der Waals surface area contributed by atoms with Gasteiger partial charge < -0.3 is 15.3 Å². The summed E-state index contributed by atoms with van der Waals surface area (Å²) in [5.74, 6) is -3.83. The number of Topliss-reactive ketones (excluding diaryl/α,β-unsaturated/α-hetero) is 2. The molecule has 6 nitrogen and oxygen atoms in total. The van der Waals surface area contributed by atoms with Gasteiger partial charge in [0.15, 0.2) is 11.6 Å². The third kappa shape index (κ3) is 4.83. The summed E-state index contributed by atoms with van der Waals surface area (Å²) in [5, 5.41) is 30.4. The number of aliphatic hydroxyl groups is 1. The zero-order valence-electron chi connectivity index (χ0n) is 19.4. The van der Waals surface area contributed by atoms with Crippen molar-refractivity contribution in [1.29, 1.82) is 0 Å². The number of ketones is 2. The minimum absolute atomic E-state index is 0.121. The number of hydrogen-bond donors (Lipinski definition) is 3. The molecule has 0 aliphatic carbocycles. The molecule has 0 saturated carbocycles. The van der Waals surface area contributed by atoms with Crippen LogP contribution in [-0.4, -0.2) is 58.0 Å². The van der Waals surface area contributed by atoms with Gasteiger partial charge in [-0.15, -0.1) is 0 Å². The zero-order chi connectivity index (χ0) is 25.1. The van der Waals surface area contributed by atoms with Crippen LogP contribution in [0.4, 0.5) is 4.39 Å². The van der Waals surface area contributed by atoms with E-state index in [1.807, 2.05) is 4.90 Å². The van der Waals surface area contributed by atoms with Crippen molar-refractivity contribution >= 4 is 11.6 Å². The molecule has 1 fully saturated rings. The van der Waals surface area contributed by atoms with Crippen molar-refractivity contribution in [2.24, 2.45) is 11.8 Å². The van der Waals surface area contributed by atoms with E-state index in [1.54, 1.807) is 43.3 Å². The fourth-order valence-electron chi connectivity index (χ4n) is 5.14. The monoisotopic (exact) mass is 477 g/mol. The maximum atomic E-state index is 14.7. The van der Waals surface area contributed by atoms with Gasteiger partial charge in [-0.1, -0.05) is 36.4 Å². The number of aromatic hydroxyl groups is 2. The van der Waals surface area contributed by atoms with E-state index in [-0.39, 0.29) is 60.4 Å². The van der Waals surface area contributed by atoms with E-state index in [9.17, 15) is 29.3 Å². The molecule has 3 N–H and O–H groups in total. The van der Waals surface area contributed by atoms with Crippen LogP contribution in [-0.2, 0) is 0 Å². The van der Waals surface area contributed by atoms with Gasteiger partial charge in [-0.2, -0.15) is 0 Å². The Bertz CT molecular complexity index is 1180. The van der Waals surface area contributed by atoms with Crippen molar-refractivity contribution in [3.63, 3.8) is 0 Å². The van der Waals surface area contributed by atoms with Crippen molar-refractivity contribution in [1.82, 2.24) is 4.90 Å². The first-order valence-corrected chi connectivity index (χ1v) is 11.6. The van der Waals surface area contributed by atoms with Crippen molar-refractivity contribution in [3.05, 3.63) is 94.8 Å². The topological polar surface area (TPSA) is 98.1 Å². The van der Waals surface area contributed by atoms with Crippen LogP contribution >= 0.6 is 0 Å². The lowest BCUT2D eigenvalue weighted by Crippen LogP contribution is -2.51. The molecular formula is C28H28FNO5. The predicted octanol–water partition coefficient (Wildman–Crippen LogP) is 3.94. The summed E-state index contributed by atoms with van der Waals surface area (Å²) >= 11 is 0. The molecule has 35 heavy (non-hydrogen) atoms. The highest BCUT2D eigenvalue weighted by Crippen LogP contribution is 2.43. The molecule has 0 aromatic heterocycles. The number of phenols is 2. The number of hydrogen-bond acceptors (Lipinski definition) is 6. The minimum atomic E-state index is -0.802. The molecule has 0 bridgehead atoms. The SMILES string of the molecule is Cc1c(F)cccc1C1[C@@H](C(=O)c2ccccc2O)CN(CCO)C[C@@H]1C(=O)c1ccccc1O. The predicted molar refractivity (Wildman–Crippen MR) is 129 cm³/mol. The van der Waals surface area contributed by atoms with E-state index < -0.39 is 23.6 Å². The number of piperidine rings is 1. The number of nitrogens with zero attached hydrogens (tertiary/aromatic N) is 1. The van der Waals surface area contributed by atoms with Crippen LogP contribution in [0.1, 0.15) is 37.8 Å². The normalized spacial score (nSPS) is 18.9. The smallest absolute Gasteiger partial charge is 0.171 e. The number of rotatable bonds is 7. The molecule has 3 aromatic rings. The quantitative estimate of drug-likeness (QED) is 0.446. The van der Waals surface area contributed by atoms with E-state index in [1.165, 1.54) is 30.3 Å². The summed E-state index contributed by atoms with van der Waals surface area (Å²) in [6.45, 7) is 2.13. The average molecular weight is 478 g/mol.